The molecule has 2 N–H and O–H groups in total. The number of esters is 1. The van der Waals surface area contributed by atoms with E-state index in [1.165, 1.54) is 12.7 Å². The summed E-state index contributed by atoms with van der Waals surface area (Å²) in [7, 11) is 1.46. The van der Waals surface area contributed by atoms with Gasteiger partial charge in [0.25, 0.3) is 0 Å². The van der Waals surface area contributed by atoms with Gasteiger partial charge in [-0.15, -0.1) is 0 Å². The largest absolute Gasteiger partial charge is 0.508 e. The number of phenols is 1. The molecule has 0 bridgehead atoms. The van der Waals surface area contributed by atoms with Crippen LogP contribution in [-0.4, -0.2) is 42.2 Å². The van der Waals surface area contributed by atoms with E-state index >= 15 is 0 Å². The summed E-state index contributed by atoms with van der Waals surface area (Å²) in [5, 5.41) is 13.5. The number of phenolic OH excluding ortho intramolecular Hbond substituents is 1. The quantitative estimate of drug-likeness (QED) is 0.633. The Balaban J connectivity index is 1.83. The number of rotatable bonds is 2. The van der Waals surface area contributed by atoms with E-state index in [1.807, 2.05) is 6.07 Å². The molecule has 1 saturated heterocycles. The zero-order valence-electron chi connectivity index (χ0n) is 15.2. The molecule has 3 aliphatic heterocycles. The fourth-order valence-electron chi connectivity index (χ4n) is 6.06. The molecule has 1 fully saturated rings. The zero-order valence-corrected chi connectivity index (χ0v) is 15.2. The minimum atomic E-state index is -0.243. The van der Waals surface area contributed by atoms with Crippen LogP contribution in [0.25, 0.3) is 0 Å². The van der Waals surface area contributed by atoms with E-state index in [9.17, 15) is 9.90 Å². The van der Waals surface area contributed by atoms with Crippen molar-refractivity contribution in [1.82, 2.24) is 4.90 Å². The van der Waals surface area contributed by atoms with E-state index in [2.05, 4.69) is 29.3 Å². The number of hydrogen-bond donors (Lipinski definition) is 2. The number of nitrogens with one attached hydrogen (secondary N) is 1. The summed E-state index contributed by atoms with van der Waals surface area (Å²) >= 11 is 0. The summed E-state index contributed by atoms with van der Waals surface area (Å²) in [5.74, 6) is -0.000681. The van der Waals surface area contributed by atoms with Gasteiger partial charge in [0.2, 0.25) is 0 Å². The first-order chi connectivity index (χ1) is 12.6. The molecule has 1 spiro atoms. The number of carbonyl (C=O) groups is 1. The predicted molar refractivity (Wildman–Crippen MR) is 98.9 cm³/mol. The Labute approximate surface area is 153 Å². The second kappa shape index (κ2) is 5.13. The number of anilines is 1. The molecule has 3 heterocycles. The summed E-state index contributed by atoms with van der Waals surface area (Å²) in [6.07, 6.45) is 7.26. The average Bonchev–Trinajstić information content (AvgIpc) is 3.20. The normalized spacial score (nSPS) is 34.2. The third kappa shape index (κ3) is 1.72. The minimum absolute atomic E-state index is 0.0665. The number of methoxy groups -OCH3 is 1. The topological polar surface area (TPSA) is 61.8 Å². The van der Waals surface area contributed by atoms with Crippen molar-refractivity contribution in [3.05, 3.63) is 47.2 Å². The van der Waals surface area contributed by atoms with Crippen molar-refractivity contribution in [3.63, 3.8) is 0 Å². The van der Waals surface area contributed by atoms with Crippen LogP contribution in [0.15, 0.2) is 41.6 Å². The van der Waals surface area contributed by atoms with E-state index in [0.717, 1.165) is 42.9 Å². The van der Waals surface area contributed by atoms with Crippen molar-refractivity contribution >= 4 is 11.7 Å². The molecular weight excluding hydrogens is 328 g/mol. The first-order valence-electron chi connectivity index (χ1n) is 9.40. The molecule has 26 heavy (non-hydrogen) atoms. The SMILES string of the molecule is CC[C@]12C=CCN3CC[C@]4(C(=C(C(=O)OC)C1)Nc1cc(O)ccc14)C32. The molecular formula is C21H24N2O3. The Bertz CT molecular complexity index is 874. The summed E-state index contributed by atoms with van der Waals surface area (Å²) in [5.41, 5.74) is 3.58. The van der Waals surface area contributed by atoms with Gasteiger partial charge in [-0.05, 0) is 30.9 Å². The van der Waals surface area contributed by atoms with Gasteiger partial charge in [-0.1, -0.05) is 25.1 Å². The molecule has 1 unspecified atom stereocenters. The van der Waals surface area contributed by atoms with Crippen LogP contribution in [0.3, 0.4) is 0 Å². The highest BCUT2D eigenvalue weighted by atomic mass is 16.5. The number of aromatic hydroxyl groups is 1. The van der Waals surface area contributed by atoms with Crippen LogP contribution in [0.2, 0.25) is 0 Å². The van der Waals surface area contributed by atoms with Crippen molar-refractivity contribution in [1.29, 1.82) is 0 Å². The zero-order chi connectivity index (χ0) is 18.1. The summed E-state index contributed by atoms with van der Waals surface area (Å²) in [6, 6.07) is 5.90. The van der Waals surface area contributed by atoms with Crippen molar-refractivity contribution < 1.29 is 14.6 Å². The number of ether oxygens (including phenoxy) is 1. The van der Waals surface area contributed by atoms with Gasteiger partial charge < -0.3 is 15.2 Å². The molecule has 0 aromatic heterocycles. The number of carbonyl (C=O) groups excluding carboxylic acids is 1. The molecule has 0 amide bonds. The number of benzene rings is 1. The molecule has 4 aliphatic rings. The molecule has 0 saturated carbocycles. The van der Waals surface area contributed by atoms with Gasteiger partial charge in [0.05, 0.1) is 18.1 Å². The summed E-state index contributed by atoms with van der Waals surface area (Å²) < 4.78 is 5.17. The highest BCUT2D eigenvalue weighted by Crippen LogP contribution is 2.64. The number of hydrogen-bond acceptors (Lipinski definition) is 5. The molecule has 136 valence electrons. The summed E-state index contributed by atoms with van der Waals surface area (Å²) in [6.45, 7) is 4.19. The Morgan fingerprint density at radius 2 is 2.31 bits per heavy atom. The smallest absolute Gasteiger partial charge is 0.335 e. The van der Waals surface area contributed by atoms with Crippen molar-refractivity contribution in [2.75, 3.05) is 25.5 Å². The molecule has 5 nitrogen and oxygen atoms in total. The lowest BCUT2D eigenvalue weighted by Gasteiger charge is -2.53. The lowest BCUT2D eigenvalue weighted by atomic mass is 9.55. The van der Waals surface area contributed by atoms with Crippen LogP contribution >= 0.6 is 0 Å². The van der Waals surface area contributed by atoms with Gasteiger partial charge in [-0.3, -0.25) is 4.90 Å². The van der Waals surface area contributed by atoms with E-state index in [0.29, 0.717) is 12.5 Å². The standard InChI is InChI=1S/C21H24N2O3/c1-3-20-7-4-9-23-10-8-21(19(20)23)15-6-5-13(24)11-16(15)22-17(21)14(12-20)18(25)26-2/h4-7,11,19,22,24H,3,8-10,12H2,1-2H3/t19?,20-,21-/m0/s1. The van der Waals surface area contributed by atoms with Crippen molar-refractivity contribution in [2.45, 2.75) is 37.6 Å². The number of nitrogens with zero attached hydrogens (tertiary/aromatic N) is 1. The molecule has 1 aliphatic carbocycles. The molecule has 5 heteroatoms. The van der Waals surface area contributed by atoms with E-state index < -0.39 is 0 Å². The first-order valence-corrected chi connectivity index (χ1v) is 9.40. The van der Waals surface area contributed by atoms with Gasteiger partial charge in [-0.2, -0.15) is 0 Å². The van der Waals surface area contributed by atoms with Gasteiger partial charge in [0, 0.05) is 42.0 Å². The first kappa shape index (κ1) is 15.9. The van der Waals surface area contributed by atoms with Gasteiger partial charge >= 0.3 is 5.97 Å². The van der Waals surface area contributed by atoms with Crippen LogP contribution in [-0.2, 0) is 14.9 Å². The van der Waals surface area contributed by atoms with Crippen LogP contribution in [0.5, 0.6) is 5.75 Å². The fourth-order valence-corrected chi connectivity index (χ4v) is 6.06. The Hall–Kier alpha value is -2.27. The number of fused-ring (bicyclic) bond motifs is 1. The lowest BCUT2D eigenvalue weighted by molar-refractivity contribution is -0.137. The van der Waals surface area contributed by atoms with E-state index in [1.54, 1.807) is 12.1 Å². The molecule has 5 rings (SSSR count). The third-order valence-electron chi connectivity index (χ3n) is 7.05. The predicted octanol–water partition coefficient (Wildman–Crippen LogP) is 2.93. The Morgan fingerprint density at radius 1 is 1.46 bits per heavy atom. The second-order valence-corrected chi connectivity index (χ2v) is 7.98. The second-order valence-electron chi connectivity index (χ2n) is 7.98. The van der Waals surface area contributed by atoms with Crippen LogP contribution in [0.1, 0.15) is 31.7 Å². The van der Waals surface area contributed by atoms with Crippen LogP contribution in [0, 0.1) is 5.41 Å². The molecule has 1 aromatic rings. The molecule has 0 radical (unpaired) electrons. The minimum Gasteiger partial charge on any atom is -0.508 e. The maximum absolute atomic E-state index is 12.7. The van der Waals surface area contributed by atoms with E-state index in [-0.39, 0.29) is 22.5 Å². The fraction of sp³-hybridized carbons (Fsp3) is 0.476. The average molecular weight is 352 g/mol. The molecule has 1 aromatic carbocycles. The lowest BCUT2D eigenvalue weighted by Crippen LogP contribution is -2.58. The van der Waals surface area contributed by atoms with Crippen LogP contribution in [0.4, 0.5) is 5.69 Å². The van der Waals surface area contributed by atoms with Gasteiger partial charge in [0.15, 0.2) is 0 Å². The van der Waals surface area contributed by atoms with Crippen molar-refractivity contribution in [3.8, 4) is 5.75 Å². The monoisotopic (exact) mass is 352 g/mol. The Morgan fingerprint density at radius 3 is 3.08 bits per heavy atom. The maximum Gasteiger partial charge on any atom is 0.335 e. The highest BCUT2D eigenvalue weighted by Gasteiger charge is 2.65. The summed E-state index contributed by atoms with van der Waals surface area (Å²) in [4.78, 5) is 15.3. The maximum atomic E-state index is 12.7. The van der Waals surface area contributed by atoms with E-state index in [4.69, 9.17) is 4.74 Å². The van der Waals surface area contributed by atoms with Gasteiger partial charge in [0.1, 0.15) is 5.75 Å². The molecule has 3 atom stereocenters. The van der Waals surface area contributed by atoms with Gasteiger partial charge in [-0.25, -0.2) is 4.79 Å². The highest BCUT2D eigenvalue weighted by molar-refractivity contribution is 5.93. The van der Waals surface area contributed by atoms with Crippen LogP contribution < -0.4 is 5.32 Å². The third-order valence-corrected chi connectivity index (χ3v) is 7.05. The Kier molecular flexibility index (Phi) is 3.15. The van der Waals surface area contributed by atoms with Crippen molar-refractivity contribution in [2.24, 2.45) is 5.41 Å².